The van der Waals surface area contributed by atoms with E-state index in [1.54, 1.807) is 12.0 Å². The van der Waals surface area contributed by atoms with Crippen molar-refractivity contribution in [2.45, 2.75) is 46.9 Å². The van der Waals surface area contributed by atoms with E-state index in [-0.39, 0.29) is 30.9 Å². The van der Waals surface area contributed by atoms with Crippen molar-refractivity contribution in [1.29, 1.82) is 0 Å². The molecule has 1 aromatic heterocycles. The van der Waals surface area contributed by atoms with E-state index >= 15 is 0 Å². The monoisotopic (exact) mass is 312 g/mol. The zero-order valence-electron chi connectivity index (χ0n) is 13.8. The Balaban J connectivity index is 2.79. The highest BCUT2D eigenvalue weighted by Gasteiger charge is 2.28. The van der Waals surface area contributed by atoms with Crippen LogP contribution in [-0.4, -0.2) is 46.6 Å². The van der Waals surface area contributed by atoms with Crippen LogP contribution in [-0.2, 0) is 27.5 Å². The lowest BCUT2D eigenvalue weighted by atomic mass is 10.0. The van der Waals surface area contributed by atoms with Crippen LogP contribution >= 0.6 is 0 Å². The molecule has 8 heteroatoms. The summed E-state index contributed by atoms with van der Waals surface area (Å²) in [6.07, 6.45) is 0. The van der Waals surface area contributed by atoms with E-state index in [0.29, 0.717) is 18.3 Å². The lowest BCUT2D eigenvalue weighted by Gasteiger charge is -2.27. The van der Waals surface area contributed by atoms with Crippen molar-refractivity contribution in [2.75, 3.05) is 13.7 Å². The Morgan fingerprint density at radius 2 is 2.09 bits per heavy atom. The number of carbonyl (C=O) groups is 2. The van der Waals surface area contributed by atoms with Crippen LogP contribution in [0.4, 0.5) is 0 Å². The van der Waals surface area contributed by atoms with Crippen LogP contribution in [0.5, 0.6) is 0 Å². The highest BCUT2D eigenvalue weighted by molar-refractivity contribution is 5.87. The zero-order valence-corrected chi connectivity index (χ0v) is 13.8. The fourth-order valence-electron chi connectivity index (χ4n) is 1.98. The summed E-state index contributed by atoms with van der Waals surface area (Å²) in [7, 11) is 1.54. The Morgan fingerprint density at radius 1 is 1.41 bits per heavy atom. The number of hydrogen-bond acceptors (Lipinski definition) is 6. The molecule has 1 heterocycles. The summed E-state index contributed by atoms with van der Waals surface area (Å²) < 4.78 is 10.0. The first-order chi connectivity index (χ1) is 10.4. The largest absolute Gasteiger partial charge is 0.377 e. The van der Waals surface area contributed by atoms with E-state index in [0.717, 1.165) is 0 Å². The van der Waals surface area contributed by atoms with Gasteiger partial charge >= 0.3 is 0 Å². The third kappa shape index (κ3) is 5.10. The van der Waals surface area contributed by atoms with E-state index in [4.69, 9.17) is 9.26 Å². The number of ether oxygens (including phenoxy) is 1. The van der Waals surface area contributed by atoms with Crippen molar-refractivity contribution in [3.8, 4) is 0 Å². The Bertz CT molecular complexity index is 501. The van der Waals surface area contributed by atoms with E-state index < -0.39 is 6.04 Å². The Hall–Kier alpha value is -1.96. The molecule has 0 fully saturated rings. The maximum atomic E-state index is 12.6. The molecule has 2 amide bonds. The third-order valence-electron chi connectivity index (χ3n) is 3.09. The van der Waals surface area contributed by atoms with Crippen molar-refractivity contribution in [2.24, 2.45) is 5.92 Å². The van der Waals surface area contributed by atoms with Crippen LogP contribution in [0.1, 0.15) is 39.4 Å². The normalized spacial score (nSPS) is 12.3. The summed E-state index contributed by atoms with van der Waals surface area (Å²) in [6.45, 7) is 7.96. The van der Waals surface area contributed by atoms with Gasteiger partial charge in [-0.2, -0.15) is 4.98 Å². The van der Waals surface area contributed by atoms with Crippen LogP contribution in [0.2, 0.25) is 0 Å². The standard InChI is InChI=1S/C14H24N4O4/c1-6-18(7-12-16-11(8-21-5)17-22-12)14(20)13(9(2)3)15-10(4)19/h9,13H,6-8H2,1-5H3,(H,15,19). The molecule has 1 aromatic rings. The Morgan fingerprint density at radius 3 is 2.59 bits per heavy atom. The van der Waals surface area contributed by atoms with Crippen LogP contribution in [0.15, 0.2) is 4.52 Å². The van der Waals surface area contributed by atoms with Gasteiger partial charge in [0.2, 0.25) is 17.7 Å². The predicted molar refractivity (Wildman–Crippen MR) is 78.5 cm³/mol. The lowest BCUT2D eigenvalue weighted by Crippen LogP contribution is -2.50. The smallest absolute Gasteiger partial charge is 0.246 e. The molecule has 0 radical (unpaired) electrons. The average Bonchev–Trinajstić information content (AvgIpc) is 2.89. The number of likely N-dealkylation sites (N-methyl/N-ethyl adjacent to an activating group) is 1. The predicted octanol–water partition coefficient (Wildman–Crippen LogP) is 0.725. The molecule has 1 N–H and O–H groups in total. The lowest BCUT2D eigenvalue weighted by molar-refractivity contribution is -0.138. The second-order valence-electron chi connectivity index (χ2n) is 5.31. The number of rotatable bonds is 8. The van der Waals surface area contributed by atoms with Gasteiger partial charge in [-0.1, -0.05) is 19.0 Å². The molecule has 0 aliphatic rings. The van der Waals surface area contributed by atoms with Crippen LogP contribution in [0.3, 0.4) is 0 Å². The quantitative estimate of drug-likeness (QED) is 0.760. The summed E-state index contributed by atoms with van der Waals surface area (Å²) in [5, 5.41) is 6.45. The number of aromatic nitrogens is 2. The fourth-order valence-corrected chi connectivity index (χ4v) is 1.98. The number of amides is 2. The summed E-state index contributed by atoms with van der Waals surface area (Å²) in [4.78, 5) is 29.6. The van der Waals surface area contributed by atoms with E-state index in [2.05, 4.69) is 15.5 Å². The zero-order chi connectivity index (χ0) is 16.7. The van der Waals surface area contributed by atoms with Gasteiger partial charge in [-0.15, -0.1) is 0 Å². The Kier molecular flexibility index (Phi) is 6.97. The molecule has 8 nitrogen and oxygen atoms in total. The van der Waals surface area contributed by atoms with Gasteiger partial charge in [0.25, 0.3) is 0 Å². The van der Waals surface area contributed by atoms with Crippen molar-refractivity contribution >= 4 is 11.8 Å². The molecule has 1 rings (SSSR count). The highest BCUT2D eigenvalue weighted by Crippen LogP contribution is 2.10. The first-order valence-corrected chi connectivity index (χ1v) is 7.25. The summed E-state index contributed by atoms with van der Waals surface area (Å²) in [6, 6.07) is -0.571. The summed E-state index contributed by atoms with van der Waals surface area (Å²) >= 11 is 0. The maximum Gasteiger partial charge on any atom is 0.246 e. The third-order valence-corrected chi connectivity index (χ3v) is 3.09. The molecule has 1 atom stereocenters. The molecule has 22 heavy (non-hydrogen) atoms. The molecule has 0 aliphatic heterocycles. The first kappa shape index (κ1) is 18.1. The SMILES string of the molecule is CCN(Cc1nc(COC)no1)C(=O)C(NC(C)=O)C(C)C. The van der Waals surface area contributed by atoms with Gasteiger partial charge in [0, 0.05) is 20.6 Å². The molecule has 0 saturated heterocycles. The van der Waals surface area contributed by atoms with Crippen molar-refractivity contribution < 1.29 is 18.8 Å². The summed E-state index contributed by atoms with van der Waals surface area (Å²) in [5.74, 6) is 0.357. The van der Waals surface area contributed by atoms with Gasteiger partial charge in [-0.3, -0.25) is 9.59 Å². The second kappa shape index (κ2) is 8.47. The van der Waals surface area contributed by atoms with Crippen molar-refractivity contribution in [3.05, 3.63) is 11.7 Å². The van der Waals surface area contributed by atoms with E-state index in [1.165, 1.54) is 6.92 Å². The molecular weight excluding hydrogens is 288 g/mol. The average molecular weight is 312 g/mol. The van der Waals surface area contributed by atoms with Crippen LogP contribution < -0.4 is 5.32 Å². The first-order valence-electron chi connectivity index (χ1n) is 7.25. The molecule has 1 unspecified atom stereocenters. The molecular formula is C14H24N4O4. The molecule has 0 aromatic carbocycles. The van der Waals surface area contributed by atoms with Crippen molar-refractivity contribution in [3.63, 3.8) is 0 Å². The van der Waals surface area contributed by atoms with Gasteiger partial charge in [-0.25, -0.2) is 0 Å². The number of nitrogens with zero attached hydrogens (tertiary/aromatic N) is 3. The van der Waals surface area contributed by atoms with Crippen LogP contribution in [0.25, 0.3) is 0 Å². The number of methoxy groups -OCH3 is 1. The molecule has 0 aliphatic carbocycles. The molecule has 124 valence electrons. The van der Waals surface area contributed by atoms with E-state index in [9.17, 15) is 9.59 Å². The Labute approximate surface area is 130 Å². The fraction of sp³-hybridized carbons (Fsp3) is 0.714. The van der Waals surface area contributed by atoms with Crippen LogP contribution in [0, 0.1) is 5.92 Å². The number of hydrogen-bond donors (Lipinski definition) is 1. The van der Waals surface area contributed by atoms with E-state index in [1.807, 2.05) is 20.8 Å². The van der Waals surface area contributed by atoms with Gasteiger partial charge in [0.05, 0.1) is 0 Å². The number of nitrogens with one attached hydrogen (secondary N) is 1. The van der Waals surface area contributed by atoms with Gasteiger partial charge in [0.15, 0.2) is 5.82 Å². The minimum atomic E-state index is -0.571. The summed E-state index contributed by atoms with van der Waals surface area (Å²) in [5.41, 5.74) is 0. The topological polar surface area (TPSA) is 97.6 Å². The number of carbonyl (C=O) groups excluding carboxylic acids is 2. The van der Waals surface area contributed by atoms with Gasteiger partial charge in [-0.05, 0) is 12.8 Å². The minimum absolute atomic E-state index is 0.0165. The van der Waals surface area contributed by atoms with Gasteiger partial charge in [0.1, 0.15) is 19.2 Å². The highest BCUT2D eigenvalue weighted by atomic mass is 16.5. The van der Waals surface area contributed by atoms with Gasteiger partial charge < -0.3 is 19.5 Å². The molecule has 0 bridgehead atoms. The minimum Gasteiger partial charge on any atom is -0.377 e. The van der Waals surface area contributed by atoms with Crippen molar-refractivity contribution in [1.82, 2.24) is 20.4 Å². The molecule has 0 saturated carbocycles. The molecule has 0 spiro atoms. The second-order valence-corrected chi connectivity index (χ2v) is 5.31. The maximum absolute atomic E-state index is 12.6.